The number of hydrogen-bond acceptors (Lipinski definition) is 4. The Morgan fingerprint density at radius 1 is 1.08 bits per heavy atom. The minimum atomic E-state index is -0.280. The molecule has 2 aliphatic rings. The molecule has 5 nitrogen and oxygen atoms in total. The Hall–Kier alpha value is -1.69. The zero-order valence-corrected chi connectivity index (χ0v) is 14.9. The minimum Gasteiger partial charge on any atom is -0.450 e. The van der Waals surface area contributed by atoms with Crippen LogP contribution in [0.4, 0.5) is 4.79 Å². The van der Waals surface area contributed by atoms with Gasteiger partial charge in [0, 0.05) is 31.1 Å². The minimum absolute atomic E-state index is 0.143. The van der Waals surface area contributed by atoms with Crippen molar-refractivity contribution in [1.29, 1.82) is 0 Å². The van der Waals surface area contributed by atoms with Gasteiger partial charge >= 0.3 is 6.09 Å². The predicted molar refractivity (Wildman–Crippen MR) is 94.4 cm³/mol. The Morgan fingerprint density at radius 3 is 2.54 bits per heavy atom. The second-order valence-corrected chi connectivity index (χ2v) is 7.19. The summed E-state index contributed by atoms with van der Waals surface area (Å²) in [6.45, 7) is 4.45. The smallest absolute Gasteiger partial charge is 0.409 e. The van der Waals surface area contributed by atoms with Crippen LogP contribution in [0.15, 0.2) is 23.1 Å². The van der Waals surface area contributed by atoms with Crippen LogP contribution in [0.5, 0.6) is 0 Å². The number of fused-ring (bicyclic) bond motifs is 1. The maximum absolute atomic E-state index is 12.4. The highest BCUT2D eigenvalue weighted by Gasteiger charge is 2.24. The molecule has 1 aliphatic carbocycles. The molecular formula is C18H24N2O3S. The first-order valence-electron chi connectivity index (χ1n) is 8.61. The van der Waals surface area contributed by atoms with Crippen molar-refractivity contribution >= 4 is 23.8 Å². The molecule has 0 bridgehead atoms. The van der Waals surface area contributed by atoms with Crippen molar-refractivity contribution < 1.29 is 14.3 Å². The van der Waals surface area contributed by atoms with Crippen molar-refractivity contribution in [3.05, 3.63) is 29.3 Å². The molecule has 0 radical (unpaired) electrons. The number of thioether (sulfide) groups is 1. The van der Waals surface area contributed by atoms with Crippen LogP contribution in [0.1, 0.15) is 24.5 Å². The molecule has 0 atom stereocenters. The number of hydrogen-bond donors (Lipinski definition) is 0. The third-order valence-corrected chi connectivity index (χ3v) is 5.57. The van der Waals surface area contributed by atoms with E-state index in [1.54, 1.807) is 23.6 Å². The van der Waals surface area contributed by atoms with Crippen LogP contribution in [0.3, 0.4) is 0 Å². The Bertz CT molecular complexity index is 612. The topological polar surface area (TPSA) is 49.9 Å². The van der Waals surface area contributed by atoms with Gasteiger partial charge in [-0.05, 0) is 49.4 Å². The number of nitrogens with zero attached hydrogens (tertiary/aromatic N) is 2. The van der Waals surface area contributed by atoms with E-state index in [2.05, 4.69) is 18.2 Å². The summed E-state index contributed by atoms with van der Waals surface area (Å²) in [5.74, 6) is 0.599. The third kappa shape index (κ3) is 4.04. The normalized spacial score (nSPS) is 16.9. The molecule has 24 heavy (non-hydrogen) atoms. The lowest BCUT2D eigenvalue weighted by atomic mass is 10.1. The fraction of sp³-hybridized carbons (Fsp3) is 0.556. The van der Waals surface area contributed by atoms with E-state index in [1.165, 1.54) is 28.9 Å². The van der Waals surface area contributed by atoms with Crippen molar-refractivity contribution in [3.8, 4) is 0 Å². The van der Waals surface area contributed by atoms with Crippen molar-refractivity contribution in [2.45, 2.75) is 31.1 Å². The fourth-order valence-electron chi connectivity index (χ4n) is 3.23. The molecule has 1 aromatic carbocycles. The number of rotatable bonds is 4. The van der Waals surface area contributed by atoms with Gasteiger partial charge in [-0.3, -0.25) is 4.79 Å². The number of ether oxygens (including phenoxy) is 1. The number of aryl methyl sites for hydroxylation is 2. The lowest BCUT2D eigenvalue weighted by molar-refractivity contribution is -0.129. The van der Waals surface area contributed by atoms with Gasteiger partial charge in [-0.25, -0.2) is 4.79 Å². The van der Waals surface area contributed by atoms with E-state index in [-0.39, 0.29) is 12.0 Å². The average Bonchev–Trinajstić information content (AvgIpc) is 3.07. The Kier molecular flexibility index (Phi) is 5.66. The van der Waals surface area contributed by atoms with Gasteiger partial charge in [-0.2, -0.15) is 0 Å². The van der Waals surface area contributed by atoms with Gasteiger partial charge in [0.1, 0.15) is 0 Å². The maximum Gasteiger partial charge on any atom is 0.409 e. The molecule has 0 aromatic heterocycles. The van der Waals surface area contributed by atoms with Gasteiger partial charge in [-0.15, -0.1) is 11.8 Å². The Morgan fingerprint density at radius 2 is 1.79 bits per heavy atom. The van der Waals surface area contributed by atoms with E-state index < -0.39 is 0 Å². The molecule has 1 heterocycles. The quantitative estimate of drug-likeness (QED) is 0.785. The highest BCUT2D eigenvalue weighted by molar-refractivity contribution is 8.00. The van der Waals surface area contributed by atoms with E-state index in [1.807, 2.05) is 4.90 Å². The average molecular weight is 348 g/mol. The van der Waals surface area contributed by atoms with Crippen LogP contribution in [0.25, 0.3) is 0 Å². The molecule has 6 heteroatoms. The number of amides is 2. The lowest BCUT2D eigenvalue weighted by Gasteiger charge is -2.34. The zero-order valence-electron chi connectivity index (χ0n) is 14.1. The fourth-order valence-corrected chi connectivity index (χ4v) is 4.09. The molecular weight excluding hydrogens is 324 g/mol. The molecule has 1 fully saturated rings. The summed E-state index contributed by atoms with van der Waals surface area (Å²) >= 11 is 1.61. The van der Waals surface area contributed by atoms with Crippen molar-refractivity contribution in [2.75, 3.05) is 38.5 Å². The second-order valence-electron chi connectivity index (χ2n) is 6.14. The van der Waals surface area contributed by atoms with Gasteiger partial charge in [0.2, 0.25) is 5.91 Å². The van der Waals surface area contributed by atoms with Gasteiger partial charge in [0.15, 0.2) is 0 Å². The van der Waals surface area contributed by atoms with Gasteiger partial charge < -0.3 is 14.5 Å². The van der Waals surface area contributed by atoms with Crippen LogP contribution in [0.2, 0.25) is 0 Å². The molecule has 0 N–H and O–H groups in total. The number of carbonyl (C=O) groups is 2. The molecule has 130 valence electrons. The number of carbonyl (C=O) groups excluding carboxylic acids is 2. The summed E-state index contributed by atoms with van der Waals surface area (Å²) in [5, 5.41) is 0. The van der Waals surface area contributed by atoms with Crippen LogP contribution in [-0.4, -0.2) is 60.3 Å². The summed E-state index contributed by atoms with van der Waals surface area (Å²) in [5.41, 5.74) is 2.90. The Labute approximate surface area is 147 Å². The predicted octanol–water partition coefficient (Wildman–Crippen LogP) is 2.57. The molecule has 0 unspecified atom stereocenters. The first kappa shape index (κ1) is 17.1. The molecule has 1 saturated heterocycles. The van der Waals surface area contributed by atoms with Crippen LogP contribution < -0.4 is 0 Å². The highest BCUT2D eigenvalue weighted by Crippen LogP contribution is 2.27. The zero-order chi connectivity index (χ0) is 16.9. The standard InChI is InChI=1S/C18H24N2O3S/c1-2-23-18(22)20-10-8-19(9-11-20)17(21)13-24-16-7-6-14-4-3-5-15(14)12-16/h6-7,12H,2-5,8-11,13H2,1H3. The van der Waals surface area contributed by atoms with E-state index >= 15 is 0 Å². The van der Waals surface area contributed by atoms with Crippen molar-refractivity contribution in [2.24, 2.45) is 0 Å². The SMILES string of the molecule is CCOC(=O)N1CCN(C(=O)CSc2ccc3c(c2)CCC3)CC1. The van der Waals surface area contributed by atoms with Crippen molar-refractivity contribution in [1.82, 2.24) is 9.80 Å². The second kappa shape index (κ2) is 7.92. The summed E-state index contributed by atoms with van der Waals surface area (Å²) in [4.78, 5) is 28.7. The van der Waals surface area contributed by atoms with Crippen LogP contribution in [0, 0.1) is 0 Å². The van der Waals surface area contributed by atoms with Gasteiger partial charge in [0.25, 0.3) is 0 Å². The largest absolute Gasteiger partial charge is 0.450 e. The molecule has 1 aromatic rings. The Balaban J connectivity index is 1.45. The first-order valence-corrected chi connectivity index (χ1v) is 9.60. The lowest BCUT2D eigenvalue weighted by Crippen LogP contribution is -2.51. The number of piperazine rings is 1. The summed E-state index contributed by atoms with van der Waals surface area (Å²) in [6.07, 6.45) is 3.31. The molecule has 0 saturated carbocycles. The first-order chi connectivity index (χ1) is 11.7. The molecule has 3 rings (SSSR count). The van der Waals surface area contributed by atoms with E-state index in [4.69, 9.17) is 4.74 Å². The molecule has 1 aliphatic heterocycles. The van der Waals surface area contributed by atoms with Crippen molar-refractivity contribution in [3.63, 3.8) is 0 Å². The molecule has 0 spiro atoms. The summed E-state index contributed by atoms with van der Waals surface area (Å²) < 4.78 is 5.00. The van der Waals surface area contributed by atoms with E-state index in [0.717, 1.165) is 6.42 Å². The van der Waals surface area contributed by atoms with Crippen LogP contribution in [-0.2, 0) is 22.4 Å². The van der Waals surface area contributed by atoms with Gasteiger partial charge in [0.05, 0.1) is 12.4 Å². The number of benzene rings is 1. The van der Waals surface area contributed by atoms with E-state index in [9.17, 15) is 9.59 Å². The highest BCUT2D eigenvalue weighted by atomic mass is 32.2. The summed E-state index contributed by atoms with van der Waals surface area (Å²) in [7, 11) is 0. The third-order valence-electron chi connectivity index (χ3n) is 4.59. The summed E-state index contributed by atoms with van der Waals surface area (Å²) in [6, 6.07) is 6.56. The molecule has 2 amide bonds. The van der Waals surface area contributed by atoms with Gasteiger partial charge in [-0.1, -0.05) is 6.07 Å². The van der Waals surface area contributed by atoms with Crippen LogP contribution >= 0.6 is 11.8 Å². The maximum atomic E-state index is 12.4. The monoisotopic (exact) mass is 348 g/mol. The van der Waals surface area contributed by atoms with E-state index in [0.29, 0.717) is 38.5 Å².